The summed E-state index contributed by atoms with van der Waals surface area (Å²) in [6.07, 6.45) is 0.980. The van der Waals surface area contributed by atoms with E-state index in [-0.39, 0.29) is 18.6 Å². The molecular formula is C13H19NO2S. The van der Waals surface area contributed by atoms with Crippen LogP contribution in [0.15, 0.2) is 30.3 Å². The van der Waals surface area contributed by atoms with Crippen LogP contribution < -0.4 is 5.32 Å². The van der Waals surface area contributed by atoms with Crippen molar-refractivity contribution in [2.75, 3.05) is 18.1 Å². The maximum Gasteiger partial charge on any atom is 0.230 e. The number of amides is 1. The van der Waals surface area contributed by atoms with Crippen molar-refractivity contribution >= 4 is 17.7 Å². The lowest BCUT2D eigenvalue weighted by atomic mass is 10.2. The van der Waals surface area contributed by atoms with E-state index in [4.69, 9.17) is 5.11 Å². The van der Waals surface area contributed by atoms with E-state index in [0.717, 1.165) is 12.2 Å². The molecule has 3 nitrogen and oxygen atoms in total. The summed E-state index contributed by atoms with van der Waals surface area (Å²) < 4.78 is 0. The average molecular weight is 253 g/mol. The zero-order valence-corrected chi connectivity index (χ0v) is 10.9. The molecule has 17 heavy (non-hydrogen) atoms. The highest BCUT2D eigenvalue weighted by atomic mass is 32.2. The van der Waals surface area contributed by atoms with Gasteiger partial charge in [-0.2, -0.15) is 11.8 Å². The Morgan fingerprint density at radius 2 is 2.12 bits per heavy atom. The molecule has 1 rings (SSSR count). The summed E-state index contributed by atoms with van der Waals surface area (Å²) in [5.74, 6) is 1.38. The van der Waals surface area contributed by atoms with Crippen LogP contribution in [0.2, 0.25) is 0 Å². The smallest absolute Gasteiger partial charge is 0.230 e. The summed E-state index contributed by atoms with van der Waals surface area (Å²) in [5.41, 5.74) is 1.30. The van der Waals surface area contributed by atoms with Crippen molar-refractivity contribution < 1.29 is 9.90 Å². The van der Waals surface area contributed by atoms with E-state index in [9.17, 15) is 4.79 Å². The molecule has 1 aromatic carbocycles. The van der Waals surface area contributed by atoms with E-state index in [1.807, 2.05) is 18.2 Å². The molecule has 0 heterocycles. The largest absolute Gasteiger partial charge is 0.394 e. The summed E-state index contributed by atoms with van der Waals surface area (Å²) in [5, 5.41) is 11.5. The highest BCUT2D eigenvalue weighted by Gasteiger charge is 2.05. The predicted molar refractivity (Wildman–Crippen MR) is 72.2 cm³/mol. The molecular weight excluding hydrogens is 234 g/mol. The fourth-order valence-electron chi connectivity index (χ4n) is 1.36. The third kappa shape index (κ3) is 6.34. The summed E-state index contributed by atoms with van der Waals surface area (Å²) in [7, 11) is 0. The Hall–Kier alpha value is -1.00. The van der Waals surface area contributed by atoms with Crippen LogP contribution >= 0.6 is 11.8 Å². The lowest BCUT2D eigenvalue weighted by Gasteiger charge is -2.10. The van der Waals surface area contributed by atoms with Gasteiger partial charge in [-0.05, 0) is 24.7 Å². The minimum atomic E-state index is -0.155. The molecule has 0 radical (unpaired) electrons. The molecule has 0 spiro atoms. The molecule has 1 amide bonds. The number of aryl methyl sites for hydroxylation is 1. The Bertz CT molecular complexity index is 329. The highest BCUT2D eigenvalue weighted by molar-refractivity contribution is 7.99. The van der Waals surface area contributed by atoms with E-state index < -0.39 is 0 Å². The van der Waals surface area contributed by atoms with E-state index >= 15 is 0 Å². The monoisotopic (exact) mass is 253 g/mol. The van der Waals surface area contributed by atoms with Gasteiger partial charge < -0.3 is 10.4 Å². The van der Waals surface area contributed by atoms with Crippen LogP contribution in [0, 0.1) is 0 Å². The van der Waals surface area contributed by atoms with Gasteiger partial charge in [-0.3, -0.25) is 4.79 Å². The molecule has 0 aliphatic heterocycles. The van der Waals surface area contributed by atoms with Crippen molar-refractivity contribution in [1.29, 1.82) is 0 Å². The van der Waals surface area contributed by atoms with Crippen LogP contribution in [-0.2, 0) is 11.2 Å². The SMILES string of the molecule is C[C@H](CO)NC(=O)CSCCc1ccccc1. The molecule has 0 fully saturated rings. The van der Waals surface area contributed by atoms with Crippen LogP contribution in [0.25, 0.3) is 0 Å². The van der Waals surface area contributed by atoms with Crippen molar-refractivity contribution in [2.45, 2.75) is 19.4 Å². The maximum absolute atomic E-state index is 11.4. The zero-order valence-electron chi connectivity index (χ0n) is 10.1. The number of aliphatic hydroxyl groups is 1. The minimum Gasteiger partial charge on any atom is -0.394 e. The summed E-state index contributed by atoms with van der Waals surface area (Å²) in [6, 6.07) is 10.1. The Morgan fingerprint density at radius 1 is 1.41 bits per heavy atom. The third-order valence-corrected chi connectivity index (χ3v) is 3.25. The van der Waals surface area contributed by atoms with Gasteiger partial charge >= 0.3 is 0 Å². The van der Waals surface area contributed by atoms with Gasteiger partial charge in [-0.15, -0.1) is 0 Å². The quantitative estimate of drug-likeness (QED) is 0.723. The second kappa shape index (κ2) is 8.14. The van der Waals surface area contributed by atoms with Crippen LogP contribution in [0.5, 0.6) is 0 Å². The molecule has 0 unspecified atom stereocenters. The number of hydrogen-bond acceptors (Lipinski definition) is 3. The number of aliphatic hydroxyl groups excluding tert-OH is 1. The van der Waals surface area contributed by atoms with E-state index in [1.54, 1.807) is 18.7 Å². The molecule has 0 aliphatic carbocycles. The molecule has 4 heteroatoms. The van der Waals surface area contributed by atoms with Gasteiger partial charge in [0.25, 0.3) is 0 Å². The second-order valence-electron chi connectivity index (χ2n) is 3.94. The molecule has 0 aromatic heterocycles. The summed E-state index contributed by atoms with van der Waals surface area (Å²) in [4.78, 5) is 11.4. The Balaban J connectivity index is 2.10. The second-order valence-corrected chi connectivity index (χ2v) is 5.04. The molecule has 0 saturated heterocycles. The number of benzene rings is 1. The topological polar surface area (TPSA) is 49.3 Å². The molecule has 2 N–H and O–H groups in total. The number of hydrogen-bond donors (Lipinski definition) is 2. The van der Waals surface area contributed by atoms with Gasteiger partial charge in [0.1, 0.15) is 0 Å². The maximum atomic E-state index is 11.4. The summed E-state index contributed by atoms with van der Waals surface area (Å²) in [6.45, 7) is 1.77. The predicted octanol–water partition coefficient (Wildman–Crippen LogP) is 1.46. The van der Waals surface area contributed by atoms with Crippen LogP contribution in [0.1, 0.15) is 12.5 Å². The van der Waals surface area contributed by atoms with Gasteiger partial charge in [0.2, 0.25) is 5.91 Å². The van der Waals surface area contributed by atoms with Gasteiger partial charge in [0, 0.05) is 6.04 Å². The average Bonchev–Trinajstić information content (AvgIpc) is 2.36. The standard InChI is InChI=1S/C13H19NO2S/c1-11(9-15)14-13(16)10-17-8-7-12-5-3-2-4-6-12/h2-6,11,15H,7-10H2,1H3,(H,14,16)/t11-/m1/s1. The first-order chi connectivity index (χ1) is 8.22. The Morgan fingerprint density at radius 3 is 2.76 bits per heavy atom. The normalized spacial score (nSPS) is 12.1. The first-order valence-corrected chi connectivity index (χ1v) is 6.89. The van der Waals surface area contributed by atoms with Crippen LogP contribution in [0.3, 0.4) is 0 Å². The van der Waals surface area contributed by atoms with Crippen LogP contribution in [0.4, 0.5) is 0 Å². The highest BCUT2D eigenvalue weighted by Crippen LogP contribution is 2.06. The van der Waals surface area contributed by atoms with Crippen molar-refractivity contribution in [3.05, 3.63) is 35.9 Å². The summed E-state index contributed by atoms with van der Waals surface area (Å²) >= 11 is 1.61. The third-order valence-electron chi connectivity index (χ3n) is 2.29. The number of rotatable bonds is 7. The first kappa shape index (κ1) is 14.1. The fraction of sp³-hybridized carbons (Fsp3) is 0.462. The molecule has 1 atom stereocenters. The van der Waals surface area contributed by atoms with Crippen molar-refractivity contribution in [2.24, 2.45) is 0 Å². The van der Waals surface area contributed by atoms with Crippen molar-refractivity contribution in [3.63, 3.8) is 0 Å². The number of nitrogens with one attached hydrogen (secondary N) is 1. The van der Waals surface area contributed by atoms with Crippen LogP contribution in [-0.4, -0.2) is 35.2 Å². The Labute approximate surface area is 107 Å². The zero-order chi connectivity index (χ0) is 12.5. The van der Waals surface area contributed by atoms with E-state index in [1.165, 1.54) is 5.56 Å². The molecule has 94 valence electrons. The molecule has 0 bridgehead atoms. The minimum absolute atomic E-state index is 0.00962. The molecule has 0 aliphatic rings. The first-order valence-electron chi connectivity index (χ1n) is 5.74. The Kier molecular flexibility index (Phi) is 6.74. The number of thioether (sulfide) groups is 1. The number of carbonyl (C=O) groups is 1. The van der Waals surface area contributed by atoms with Gasteiger partial charge in [-0.1, -0.05) is 30.3 Å². The van der Waals surface area contributed by atoms with E-state index in [2.05, 4.69) is 17.4 Å². The molecule has 0 saturated carbocycles. The number of carbonyl (C=O) groups excluding carboxylic acids is 1. The van der Waals surface area contributed by atoms with Gasteiger partial charge in [0.15, 0.2) is 0 Å². The fourth-order valence-corrected chi connectivity index (χ4v) is 2.15. The van der Waals surface area contributed by atoms with Crippen molar-refractivity contribution in [3.8, 4) is 0 Å². The molecule has 1 aromatic rings. The van der Waals surface area contributed by atoms with E-state index in [0.29, 0.717) is 5.75 Å². The van der Waals surface area contributed by atoms with Gasteiger partial charge in [0.05, 0.1) is 12.4 Å². The van der Waals surface area contributed by atoms with Gasteiger partial charge in [-0.25, -0.2) is 0 Å². The lowest BCUT2D eigenvalue weighted by molar-refractivity contribution is -0.119. The van der Waals surface area contributed by atoms with Crippen molar-refractivity contribution in [1.82, 2.24) is 5.32 Å². The lowest BCUT2D eigenvalue weighted by Crippen LogP contribution is -2.36.